The van der Waals surface area contributed by atoms with Crippen molar-refractivity contribution in [2.45, 2.75) is 67.8 Å². The van der Waals surface area contributed by atoms with Crippen molar-refractivity contribution in [3.05, 3.63) is 336 Å². The third-order valence-electron chi connectivity index (χ3n) is 20.2. The van der Waals surface area contributed by atoms with Crippen LogP contribution in [0.4, 0.5) is 13.2 Å². The summed E-state index contributed by atoms with van der Waals surface area (Å²) < 4.78 is 57.5. The Bertz CT molecular complexity index is 6470. The summed E-state index contributed by atoms with van der Waals surface area (Å²) in [5, 5.41) is 21.4. The maximum absolute atomic E-state index is 10.7. The van der Waals surface area contributed by atoms with E-state index in [0.717, 1.165) is 88.4 Å². The third kappa shape index (κ3) is 15.4. The summed E-state index contributed by atoms with van der Waals surface area (Å²) in [7, 11) is -5.84. The van der Waals surface area contributed by atoms with Gasteiger partial charge in [-0.3, -0.25) is 14.5 Å². The first-order valence-electron chi connectivity index (χ1n) is 36.6. The van der Waals surface area contributed by atoms with Crippen LogP contribution in [0, 0.1) is 66.7 Å². The first-order valence-corrected chi connectivity index (χ1v) is 38.1. The number of halogens is 3. The number of nitrogens with zero attached hydrogens (tertiary/aromatic N) is 5. The number of hydrogen-bond donors (Lipinski definition) is 1. The summed E-state index contributed by atoms with van der Waals surface area (Å²) in [6.07, 6.45) is 4.01. The van der Waals surface area contributed by atoms with E-state index in [1.165, 1.54) is 139 Å². The molecule has 0 spiro atoms. The van der Waals surface area contributed by atoms with Crippen molar-refractivity contribution in [2.24, 2.45) is 0 Å². The van der Waals surface area contributed by atoms with Crippen molar-refractivity contribution in [2.75, 3.05) is 0 Å². The predicted octanol–water partition coefficient (Wildman–Crippen LogP) is 26.9. The Morgan fingerprint density at radius 3 is 0.902 bits per heavy atom. The van der Waals surface area contributed by atoms with Gasteiger partial charge >= 0.3 is 15.6 Å². The topological polar surface area (TPSA) is 130 Å². The Morgan fingerprint density at radius 1 is 0.312 bits per heavy atom. The molecule has 13 heteroatoms. The van der Waals surface area contributed by atoms with Gasteiger partial charge in [-0.1, -0.05) is 299 Å². The van der Waals surface area contributed by atoms with Crippen LogP contribution < -0.4 is 0 Å². The summed E-state index contributed by atoms with van der Waals surface area (Å²) in [6, 6.07) is 104. The summed E-state index contributed by atoms with van der Waals surface area (Å²) in [6.45, 7) is 18.7. The molecule has 4 heterocycles. The average molecular weight is 1530 g/mol. The van der Waals surface area contributed by atoms with Gasteiger partial charge in [-0.05, 0) is 167 Å². The minimum absolute atomic E-state index is 0. The Kier molecular flexibility index (Phi) is 21.4. The van der Waals surface area contributed by atoms with Gasteiger partial charge in [0.2, 0.25) is 0 Å². The molecule has 8 nitrogen and oxygen atoms in total. The number of rotatable bonds is 8. The second kappa shape index (κ2) is 31.4. The van der Waals surface area contributed by atoms with E-state index in [1.54, 1.807) is 6.07 Å². The largest absolute Gasteiger partial charge is 0.522 e. The average Bonchev–Trinajstić information content (AvgIpc) is 0.739. The normalized spacial score (nSPS) is 11.4. The second-order valence-electron chi connectivity index (χ2n) is 28.8. The van der Waals surface area contributed by atoms with E-state index in [4.69, 9.17) is 38.2 Å². The van der Waals surface area contributed by atoms with Crippen molar-refractivity contribution in [3.8, 4) is 95.3 Å². The van der Waals surface area contributed by atoms with E-state index in [-0.39, 0.29) is 17.1 Å². The Morgan fingerprint density at radius 2 is 0.580 bits per heavy atom. The third-order valence-corrected chi connectivity index (χ3v) is 20.8. The van der Waals surface area contributed by atoms with E-state index < -0.39 is 15.6 Å². The zero-order chi connectivity index (χ0) is 77.6. The molecule has 0 saturated heterocycles. The van der Waals surface area contributed by atoms with Crippen LogP contribution in [-0.2, 0) is 27.2 Å². The van der Waals surface area contributed by atoms with Crippen molar-refractivity contribution in [1.29, 1.82) is 5.26 Å². The van der Waals surface area contributed by atoms with Gasteiger partial charge in [0.1, 0.15) is 0 Å². The summed E-state index contributed by atoms with van der Waals surface area (Å²) in [4.78, 5) is 21.5. The number of aromatic nitrogens is 4. The molecular weight excluding hydrogens is 1450 g/mol. The Hall–Kier alpha value is -12.5. The van der Waals surface area contributed by atoms with Crippen molar-refractivity contribution < 1.29 is 43.2 Å². The summed E-state index contributed by atoms with van der Waals surface area (Å²) >= 11 is 0. The quantitative estimate of drug-likeness (QED) is 0.0689. The smallest absolute Gasteiger partial charge is 0.279 e. The number of hydrogen-bond acceptors (Lipinski definition) is 7. The molecule has 0 saturated carbocycles. The van der Waals surface area contributed by atoms with Crippen molar-refractivity contribution >= 4 is 96.8 Å². The number of alkyl halides is 3. The fourth-order valence-electron chi connectivity index (χ4n) is 15.8. The van der Waals surface area contributed by atoms with Crippen LogP contribution in [-0.4, -0.2) is 38.4 Å². The van der Waals surface area contributed by atoms with E-state index in [0.29, 0.717) is 0 Å². The molecule has 4 aromatic heterocycles. The molecule has 18 rings (SSSR count). The van der Waals surface area contributed by atoms with Gasteiger partial charge in [0.15, 0.2) is 0 Å². The van der Waals surface area contributed by atoms with Crippen LogP contribution in [0.1, 0.15) is 51.4 Å². The minimum atomic E-state index is -5.84. The molecule has 550 valence electrons. The number of benzene rings is 14. The molecule has 1 N–H and O–H groups in total. The SMILES string of the molecule is CC#N.Cc1cc(C)cc(-c2cnc3c(ccc4cc(-c5cc(C)cc(C)c5)c(-c5ccc6ccccc6c5-c5cccc6ccccc56)nc43)c2)c1.Cc1cc(C)cc(-c2cnc3c(ccc4cc(-c5cc(C)cc(C)c5)c(-c5ccc6ccccc6c5-c5cccc6ccccc56)nc43)c2)c1.O=S(=O)(O)C(F)(F)F.[Fe]. The molecular formula is C99H76F3FeN5O3S. The van der Waals surface area contributed by atoms with Crippen LogP contribution in [0.25, 0.3) is 176 Å². The molecule has 18 aromatic rings. The van der Waals surface area contributed by atoms with Gasteiger partial charge in [-0.25, -0.2) is 9.97 Å². The van der Waals surface area contributed by atoms with Gasteiger partial charge in [0, 0.05) is 91.3 Å². The van der Waals surface area contributed by atoms with Gasteiger partial charge in [0.05, 0.1) is 39.5 Å². The number of fused-ring (bicyclic) bond motifs is 10. The first-order chi connectivity index (χ1) is 53.4. The van der Waals surface area contributed by atoms with E-state index in [9.17, 15) is 13.2 Å². The maximum Gasteiger partial charge on any atom is 0.522 e. The molecule has 112 heavy (non-hydrogen) atoms. The van der Waals surface area contributed by atoms with Crippen LogP contribution in [0.5, 0.6) is 0 Å². The van der Waals surface area contributed by atoms with Crippen molar-refractivity contribution in [3.63, 3.8) is 0 Å². The zero-order valence-electron chi connectivity index (χ0n) is 63.1. The van der Waals surface area contributed by atoms with Crippen LogP contribution in [0.15, 0.2) is 291 Å². The van der Waals surface area contributed by atoms with Gasteiger partial charge < -0.3 is 0 Å². The second-order valence-corrected chi connectivity index (χ2v) is 30.2. The van der Waals surface area contributed by atoms with E-state index in [2.05, 4.69) is 334 Å². The van der Waals surface area contributed by atoms with Crippen LogP contribution >= 0.6 is 0 Å². The van der Waals surface area contributed by atoms with E-state index in [1.807, 2.05) is 12.4 Å². The molecule has 0 atom stereocenters. The number of nitriles is 1. The fourth-order valence-corrected chi connectivity index (χ4v) is 15.8. The van der Waals surface area contributed by atoms with Gasteiger partial charge in [-0.15, -0.1) is 0 Å². The van der Waals surface area contributed by atoms with Crippen LogP contribution in [0.2, 0.25) is 0 Å². The first kappa shape index (κ1) is 76.2. The fraction of sp³-hybridized carbons (Fsp3) is 0.101. The summed E-state index contributed by atoms with van der Waals surface area (Å²) in [5.41, 5.74) is 26.2. The molecule has 0 aliphatic rings. The molecule has 0 radical (unpaired) electrons. The van der Waals surface area contributed by atoms with Crippen LogP contribution in [0.3, 0.4) is 0 Å². The molecule has 0 bridgehead atoms. The molecule has 0 aliphatic heterocycles. The Balaban J connectivity index is 0.000000163. The van der Waals surface area contributed by atoms with Gasteiger partial charge in [-0.2, -0.15) is 26.9 Å². The Labute approximate surface area is 659 Å². The van der Waals surface area contributed by atoms with Crippen molar-refractivity contribution in [1.82, 2.24) is 19.9 Å². The number of pyridine rings is 4. The predicted molar refractivity (Wildman–Crippen MR) is 454 cm³/mol. The molecule has 0 aliphatic carbocycles. The maximum atomic E-state index is 10.7. The minimum Gasteiger partial charge on any atom is -0.279 e. The van der Waals surface area contributed by atoms with Gasteiger partial charge in [0.25, 0.3) is 0 Å². The number of aryl methyl sites for hydroxylation is 8. The molecule has 0 unspecified atom stereocenters. The molecule has 0 fully saturated rings. The monoisotopic (exact) mass is 1530 g/mol. The van der Waals surface area contributed by atoms with E-state index >= 15 is 0 Å². The zero-order valence-corrected chi connectivity index (χ0v) is 65.0. The summed E-state index contributed by atoms with van der Waals surface area (Å²) in [5.74, 6) is 0. The standard InChI is InChI=1S/2C48H36N2.C2H3N.CHF3O3S.Fe/c2*1-29-20-30(2)23-37(22-29)39-26-35-16-17-36-27-44(38-24-31(3)21-32(4)25-38)48(50-47(36)46(35)49-28-39)43-19-18-34-11-6-8-14-41(34)45(43)42-15-9-12-33-10-5-7-13-40(33)42;1-2-3;2-1(3,4)8(5,6)7;/h2*5-28H,1-4H3;1H3;(H,5,6,7);. The molecule has 14 aromatic carbocycles. The molecule has 0 amide bonds.